The molecule has 0 bridgehead atoms. The molecular weight excluding hydrogens is 289 g/mol. The number of aldehydes is 1. The van der Waals surface area contributed by atoms with Crippen LogP contribution >= 0.6 is 34.8 Å². The van der Waals surface area contributed by atoms with Gasteiger partial charge in [-0.05, 0) is 18.2 Å². The lowest BCUT2D eigenvalue weighted by Gasteiger charge is -2.05. The van der Waals surface area contributed by atoms with Crippen LogP contribution in [0.5, 0.6) is 0 Å². The third kappa shape index (κ3) is 2.16. The maximum atomic E-state index is 12.9. The summed E-state index contributed by atoms with van der Waals surface area (Å²) in [6, 6.07) is 3.71. The summed E-state index contributed by atoms with van der Waals surface area (Å²) in [6.07, 6.45) is 0.492. The van der Waals surface area contributed by atoms with Gasteiger partial charge in [-0.3, -0.25) is 4.79 Å². The van der Waals surface area contributed by atoms with Crippen LogP contribution in [-0.4, -0.2) is 16.1 Å². The Morgan fingerprint density at radius 3 is 2.53 bits per heavy atom. The first-order valence-corrected chi connectivity index (χ1v) is 5.52. The summed E-state index contributed by atoms with van der Waals surface area (Å²) in [5, 5.41) is 3.96. The second kappa shape index (κ2) is 4.64. The summed E-state index contributed by atoms with van der Waals surface area (Å²) in [6.45, 7) is 0. The Bertz CT molecular complexity index is 597. The van der Waals surface area contributed by atoms with Crippen molar-refractivity contribution in [2.24, 2.45) is 0 Å². The van der Waals surface area contributed by atoms with Crippen LogP contribution in [-0.2, 0) is 0 Å². The molecule has 0 saturated heterocycles. The van der Waals surface area contributed by atoms with Crippen molar-refractivity contribution < 1.29 is 9.18 Å². The molecule has 0 amide bonds. The van der Waals surface area contributed by atoms with E-state index < -0.39 is 5.82 Å². The van der Waals surface area contributed by atoms with E-state index >= 15 is 0 Å². The Hall–Kier alpha value is -1.10. The summed E-state index contributed by atoms with van der Waals surface area (Å²) < 4.78 is 14.1. The van der Waals surface area contributed by atoms with Gasteiger partial charge in [-0.25, -0.2) is 9.07 Å². The molecule has 0 unspecified atom stereocenters. The van der Waals surface area contributed by atoms with Crippen LogP contribution < -0.4 is 0 Å². The van der Waals surface area contributed by atoms with Gasteiger partial charge in [-0.15, -0.1) is 0 Å². The van der Waals surface area contributed by atoms with Gasteiger partial charge in [0.15, 0.2) is 11.4 Å². The first-order valence-electron chi connectivity index (χ1n) is 4.39. The maximum Gasteiger partial charge on any atom is 0.163 e. The molecule has 0 aliphatic heterocycles. The molecule has 1 heterocycles. The zero-order valence-electron chi connectivity index (χ0n) is 8.12. The molecule has 7 heteroatoms. The normalized spacial score (nSPS) is 10.6. The van der Waals surface area contributed by atoms with Crippen molar-refractivity contribution in [3.8, 4) is 5.69 Å². The van der Waals surface area contributed by atoms with Crippen LogP contribution in [0.3, 0.4) is 0 Å². The molecule has 1 aromatic carbocycles. The molecule has 0 fully saturated rings. The molecule has 0 spiro atoms. The van der Waals surface area contributed by atoms with Gasteiger partial charge >= 0.3 is 0 Å². The van der Waals surface area contributed by atoms with Crippen molar-refractivity contribution in [1.29, 1.82) is 0 Å². The summed E-state index contributed by atoms with van der Waals surface area (Å²) in [7, 11) is 0. The zero-order valence-corrected chi connectivity index (χ0v) is 10.4. The Morgan fingerprint density at radius 1 is 1.29 bits per heavy atom. The molecular formula is C10H4Cl3FN2O. The number of halogens is 4. The first kappa shape index (κ1) is 12.4. The third-order valence-electron chi connectivity index (χ3n) is 2.07. The molecule has 0 N–H and O–H groups in total. The number of hydrogen-bond acceptors (Lipinski definition) is 2. The largest absolute Gasteiger partial charge is 0.298 e. The Balaban J connectivity index is 2.65. The molecule has 3 nitrogen and oxygen atoms in total. The predicted molar refractivity (Wildman–Crippen MR) is 63.9 cm³/mol. The molecule has 2 aromatic rings. The van der Waals surface area contributed by atoms with E-state index in [0.29, 0.717) is 12.0 Å². The number of rotatable bonds is 2. The SMILES string of the molecule is O=Cc1c(Cl)nn(-c2ccc(F)cc2Cl)c1Cl. The van der Waals surface area contributed by atoms with E-state index in [2.05, 4.69) is 5.10 Å². The molecule has 17 heavy (non-hydrogen) atoms. The molecule has 0 saturated carbocycles. The van der Waals surface area contributed by atoms with Gasteiger partial charge < -0.3 is 0 Å². The molecule has 0 atom stereocenters. The lowest BCUT2D eigenvalue weighted by Crippen LogP contribution is -1.98. The Kier molecular flexibility index (Phi) is 3.38. The minimum absolute atomic E-state index is 0.0264. The van der Waals surface area contributed by atoms with Crippen LogP contribution in [0.1, 0.15) is 10.4 Å². The molecule has 0 aliphatic rings. The maximum absolute atomic E-state index is 12.9. The van der Waals surface area contributed by atoms with E-state index in [-0.39, 0.29) is 20.9 Å². The van der Waals surface area contributed by atoms with Gasteiger partial charge in [-0.2, -0.15) is 5.10 Å². The first-order chi connectivity index (χ1) is 8.04. The van der Waals surface area contributed by atoms with Crippen molar-refractivity contribution in [3.63, 3.8) is 0 Å². The van der Waals surface area contributed by atoms with E-state index in [1.165, 1.54) is 16.8 Å². The fraction of sp³-hybridized carbons (Fsp3) is 0. The van der Waals surface area contributed by atoms with Gasteiger partial charge in [0.25, 0.3) is 0 Å². The fourth-order valence-electron chi connectivity index (χ4n) is 1.29. The highest BCUT2D eigenvalue weighted by molar-refractivity contribution is 6.38. The monoisotopic (exact) mass is 292 g/mol. The summed E-state index contributed by atoms with van der Waals surface area (Å²) >= 11 is 17.5. The highest BCUT2D eigenvalue weighted by Crippen LogP contribution is 2.29. The van der Waals surface area contributed by atoms with Crippen molar-refractivity contribution in [2.45, 2.75) is 0 Å². The number of nitrogens with zero attached hydrogens (tertiary/aromatic N) is 2. The molecule has 1 aromatic heterocycles. The van der Waals surface area contributed by atoms with Crippen LogP contribution in [0, 0.1) is 5.82 Å². The highest BCUT2D eigenvalue weighted by Gasteiger charge is 2.17. The number of carbonyl (C=O) groups excluding carboxylic acids is 1. The third-order valence-corrected chi connectivity index (χ3v) is 3.02. The van der Waals surface area contributed by atoms with Crippen LogP contribution in [0.2, 0.25) is 15.3 Å². The van der Waals surface area contributed by atoms with Crippen molar-refractivity contribution in [3.05, 3.63) is 44.9 Å². The number of benzene rings is 1. The Morgan fingerprint density at radius 2 is 2.00 bits per heavy atom. The standard InChI is InChI=1S/C10H4Cl3FN2O/c11-7-3-5(14)1-2-8(7)16-10(13)6(4-17)9(12)15-16/h1-4H. The predicted octanol–water partition coefficient (Wildman–Crippen LogP) is 3.78. The van der Waals surface area contributed by atoms with Crippen LogP contribution in [0.15, 0.2) is 18.2 Å². The van der Waals surface area contributed by atoms with E-state index in [1.54, 1.807) is 0 Å². The quantitative estimate of drug-likeness (QED) is 0.790. The number of hydrogen-bond donors (Lipinski definition) is 0. The van der Waals surface area contributed by atoms with E-state index in [0.717, 1.165) is 6.07 Å². The number of carbonyl (C=O) groups is 1. The van der Waals surface area contributed by atoms with Gasteiger partial charge in [0, 0.05) is 0 Å². The zero-order chi connectivity index (χ0) is 12.6. The average molecular weight is 294 g/mol. The summed E-state index contributed by atoms with van der Waals surface area (Å²) in [5.74, 6) is -0.483. The van der Waals surface area contributed by atoms with E-state index in [1.807, 2.05) is 0 Å². The summed E-state index contributed by atoms with van der Waals surface area (Å²) in [4.78, 5) is 10.7. The fourth-order valence-corrected chi connectivity index (χ4v) is 2.06. The van der Waals surface area contributed by atoms with Crippen LogP contribution in [0.4, 0.5) is 4.39 Å². The highest BCUT2D eigenvalue weighted by atomic mass is 35.5. The minimum Gasteiger partial charge on any atom is -0.298 e. The molecule has 0 aliphatic carbocycles. The minimum atomic E-state index is -0.483. The van der Waals surface area contributed by atoms with Crippen molar-refractivity contribution in [2.75, 3.05) is 0 Å². The van der Waals surface area contributed by atoms with Crippen molar-refractivity contribution >= 4 is 41.1 Å². The van der Waals surface area contributed by atoms with Gasteiger partial charge in [0.1, 0.15) is 11.0 Å². The van der Waals surface area contributed by atoms with Crippen LogP contribution in [0.25, 0.3) is 5.69 Å². The smallest absolute Gasteiger partial charge is 0.163 e. The number of aromatic nitrogens is 2. The van der Waals surface area contributed by atoms with Gasteiger partial charge in [0.2, 0.25) is 0 Å². The average Bonchev–Trinajstić information content (AvgIpc) is 2.54. The Labute approximate surface area is 111 Å². The second-order valence-electron chi connectivity index (χ2n) is 3.12. The molecule has 0 radical (unpaired) electrons. The topological polar surface area (TPSA) is 34.9 Å². The second-order valence-corrected chi connectivity index (χ2v) is 4.24. The van der Waals surface area contributed by atoms with E-state index in [4.69, 9.17) is 34.8 Å². The van der Waals surface area contributed by atoms with Crippen molar-refractivity contribution in [1.82, 2.24) is 9.78 Å². The molecule has 2 rings (SSSR count). The lowest BCUT2D eigenvalue weighted by atomic mass is 10.3. The van der Waals surface area contributed by atoms with Gasteiger partial charge in [-0.1, -0.05) is 34.8 Å². The lowest BCUT2D eigenvalue weighted by molar-refractivity contribution is 0.112. The molecule has 88 valence electrons. The van der Waals surface area contributed by atoms with E-state index in [9.17, 15) is 9.18 Å². The van der Waals surface area contributed by atoms with Gasteiger partial charge in [0.05, 0.1) is 16.3 Å². The summed E-state index contributed by atoms with van der Waals surface area (Å²) in [5.41, 5.74) is 0.404.